The predicted molar refractivity (Wildman–Crippen MR) is 119 cm³/mol. The van der Waals surface area contributed by atoms with Gasteiger partial charge in [0, 0.05) is 39.3 Å². The van der Waals surface area contributed by atoms with Gasteiger partial charge in [0.2, 0.25) is 10.0 Å². The number of rotatable bonds is 9. The highest BCUT2D eigenvalue weighted by Gasteiger charge is 2.22. The molecule has 0 radical (unpaired) electrons. The summed E-state index contributed by atoms with van der Waals surface area (Å²) in [7, 11) is -1.94. The Labute approximate surface area is 179 Å². The Hall–Kier alpha value is -2.29. The number of nitrogens with one attached hydrogen (secondary N) is 1. The number of para-hydroxylation sites is 2. The van der Waals surface area contributed by atoms with E-state index >= 15 is 0 Å². The second kappa shape index (κ2) is 10.1. The van der Waals surface area contributed by atoms with Crippen molar-refractivity contribution >= 4 is 15.7 Å². The number of aryl methyl sites for hydroxylation is 1. The molecule has 7 nitrogen and oxygen atoms in total. The Balaban J connectivity index is 1.53. The molecular weight excluding hydrogens is 402 g/mol. The average Bonchev–Trinajstić information content (AvgIpc) is 2.75. The van der Waals surface area contributed by atoms with Crippen LogP contribution in [0.3, 0.4) is 0 Å². The minimum atomic E-state index is -3.63. The molecule has 0 atom stereocenters. The van der Waals surface area contributed by atoms with Gasteiger partial charge in [0.25, 0.3) is 0 Å². The molecule has 30 heavy (non-hydrogen) atoms. The zero-order chi connectivity index (χ0) is 21.6. The van der Waals surface area contributed by atoms with E-state index in [1.165, 1.54) is 0 Å². The lowest BCUT2D eigenvalue weighted by Crippen LogP contribution is -2.48. The van der Waals surface area contributed by atoms with Crippen LogP contribution in [-0.4, -0.2) is 66.3 Å². The number of methoxy groups -OCH3 is 1. The van der Waals surface area contributed by atoms with E-state index in [9.17, 15) is 8.42 Å². The first-order valence-corrected chi connectivity index (χ1v) is 11.8. The summed E-state index contributed by atoms with van der Waals surface area (Å²) >= 11 is 0. The van der Waals surface area contributed by atoms with Crippen LogP contribution in [0.15, 0.2) is 47.4 Å². The first kappa shape index (κ1) is 22.4. The summed E-state index contributed by atoms with van der Waals surface area (Å²) in [5.41, 5.74) is 1.98. The van der Waals surface area contributed by atoms with Crippen molar-refractivity contribution in [3.8, 4) is 11.5 Å². The number of benzene rings is 2. The van der Waals surface area contributed by atoms with E-state index in [0.29, 0.717) is 25.4 Å². The second-order valence-corrected chi connectivity index (χ2v) is 9.02. The molecule has 3 rings (SSSR count). The molecule has 1 N–H and O–H groups in total. The van der Waals surface area contributed by atoms with Gasteiger partial charge in [-0.2, -0.15) is 0 Å². The predicted octanol–water partition coefficient (Wildman–Crippen LogP) is 2.50. The number of hydrogen-bond acceptors (Lipinski definition) is 6. The molecule has 1 heterocycles. The van der Waals surface area contributed by atoms with Crippen molar-refractivity contribution in [3.63, 3.8) is 0 Å². The van der Waals surface area contributed by atoms with Gasteiger partial charge in [-0.15, -0.1) is 0 Å². The molecule has 0 amide bonds. The van der Waals surface area contributed by atoms with Crippen molar-refractivity contribution in [2.75, 3.05) is 57.9 Å². The van der Waals surface area contributed by atoms with Gasteiger partial charge in [0.1, 0.15) is 16.4 Å². The fourth-order valence-corrected chi connectivity index (χ4v) is 4.87. The van der Waals surface area contributed by atoms with Crippen LogP contribution < -0.4 is 19.1 Å². The largest absolute Gasteiger partial charge is 0.495 e. The van der Waals surface area contributed by atoms with E-state index in [0.717, 1.165) is 43.2 Å². The zero-order valence-corrected chi connectivity index (χ0v) is 18.7. The number of piperazine rings is 1. The minimum Gasteiger partial charge on any atom is -0.495 e. The molecule has 164 valence electrons. The Kier molecular flexibility index (Phi) is 7.58. The maximum absolute atomic E-state index is 12.8. The third-order valence-electron chi connectivity index (χ3n) is 5.21. The van der Waals surface area contributed by atoms with E-state index in [-0.39, 0.29) is 4.90 Å². The molecule has 8 heteroatoms. The highest BCUT2D eigenvalue weighted by Crippen LogP contribution is 2.28. The SMILES string of the molecule is CCOc1ccc(C)cc1S(=O)(=O)NCCN1CCN(c2ccccc2OC)CC1. The lowest BCUT2D eigenvalue weighted by molar-refractivity contribution is 0.261. The Morgan fingerprint density at radius 3 is 2.47 bits per heavy atom. The maximum Gasteiger partial charge on any atom is 0.244 e. The molecule has 2 aromatic carbocycles. The number of ether oxygens (including phenoxy) is 2. The summed E-state index contributed by atoms with van der Waals surface area (Å²) in [6, 6.07) is 13.2. The number of sulfonamides is 1. The third-order valence-corrected chi connectivity index (χ3v) is 6.69. The smallest absolute Gasteiger partial charge is 0.244 e. The van der Waals surface area contributed by atoms with Crippen molar-refractivity contribution in [2.45, 2.75) is 18.7 Å². The molecule has 1 aliphatic rings. The lowest BCUT2D eigenvalue weighted by Gasteiger charge is -2.36. The van der Waals surface area contributed by atoms with Crippen molar-refractivity contribution in [3.05, 3.63) is 48.0 Å². The summed E-state index contributed by atoms with van der Waals surface area (Å²) < 4.78 is 39.3. The third kappa shape index (κ3) is 5.44. The summed E-state index contributed by atoms with van der Waals surface area (Å²) in [6.45, 7) is 8.64. The first-order chi connectivity index (χ1) is 14.4. The number of anilines is 1. The summed E-state index contributed by atoms with van der Waals surface area (Å²) in [5, 5.41) is 0. The quantitative estimate of drug-likeness (QED) is 0.655. The molecule has 2 aromatic rings. The summed E-state index contributed by atoms with van der Waals surface area (Å²) in [5.74, 6) is 1.27. The fraction of sp³-hybridized carbons (Fsp3) is 0.455. The molecule has 0 bridgehead atoms. The normalized spacial score (nSPS) is 15.2. The molecular formula is C22H31N3O4S. The van der Waals surface area contributed by atoms with Crippen molar-refractivity contribution in [2.24, 2.45) is 0 Å². The van der Waals surface area contributed by atoms with E-state index < -0.39 is 10.0 Å². The van der Waals surface area contributed by atoms with Gasteiger partial charge < -0.3 is 14.4 Å². The summed E-state index contributed by atoms with van der Waals surface area (Å²) in [4.78, 5) is 4.78. The highest BCUT2D eigenvalue weighted by molar-refractivity contribution is 7.89. The lowest BCUT2D eigenvalue weighted by atomic mass is 10.2. The Bertz CT molecular complexity index is 941. The van der Waals surface area contributed by atoms with Gasteiger partial charge in [-0.25, -0.2) is 13.1 Å². The topological polar surface area (TPSA) is 71.1 Å². The van der Waals surface area contributed by atoms with Crippen LogP contribution in [0.1, 0.15) is 12.5 Å². The van der Waals surface area contributed by atoms with Crippen LogP contribution in [-0.2, 0) is 10.0 Å². The van der Waals surface area contributed by atoms with E-state index in [1.54, 1.807) is 19.2 Å². The van der Waals surface area contributed by atoms with Crippen molar-refractivity contribution in [1.82, 2.24) is 9.62 Å². The highest BCUT2D eigenvalue weighted by atomic mass is 32.2. The van der Waals surface area contributed by atoms with E-state index in [1.807, 2.05) is 38.1 Å². The molecule has 1 aliphatic heterocycles. The standard InChI is InChI=1S/C22H31N3O4S/c1-4-29-21-10-9-18(2)17-22(21)30(26,27)23-11-12-24-13-15-25(16-14-24)19-7-5-6-8-20(19)28-3/h5-10,17,23H,4,11-16H2,1-3H3. The molecule has 0 aromatic heterocycles. The molecule has 0 aliphatic carbocycles. The molecule has 0 spiro atoms. The van der Waals surface area contributed by atoms with Gasteiger partial charge in [0.15, 0.2) is 0 Å². The monoisotopic (exact) mass is 433 g/mol. The van der Waals surface area contributed by atoms with E-state index in [4.69, 9.17) is 9.47 Å². The van der Waals surface area contributed by atoms with Gasteiger partial charge in [-0.3, -0.25) is 4.90 Å². The van der Waals surface area contributed by atoms with Crippen LogP contribution in [0.25, 0.3) is 0 Å². The van der Waals surface area contributed by atoms with Crippen LogP contribution in [0.5, 0.6) is 11.5 Å². The van der Waals surface area contributed by atoms with Crippen molar-refractivity contribution in [1.29, 1.82) is 0 Å². The van der Waals surface area contributed by atoms with Crippen LogP contribution in [0.4, 0.5) is 5.69 Å². The van der Waals surface area contributed by atoms with Crippen LogP contribution in [0, 0.1) is 6.92 Å². The molecule has 1 saturated heterocycles. The average molecular weight is 434 g/mol. The summed E-state index contributed by atoms with van der Waals surface area (Å²) in [6.07, 6.45) is 0. The van der Waals surface area contributed by atoms with Crippen molar-refractivity contribution < 1.29 is 17.9 Å². The minimum absolute atomic E-state index is 0.199. The fourth-order valence-electron chi connectivity index (χ4n) is 3.62. The Morgan fingerprint density at radius 1 is 1.03 bits per heavy atom. The molecule has 0 unspecified atom stereocenters. The second-order valence-electron chi connectivity index (χ2n) is 7.28. The van der Waals surface area contributed by atoms with Gasteiger partial charge in [0.05, 0.1) is 19.4 Å². The molecule has 1 fully saturated rings. The number of hydrogen-bond donors (Lipinski definition) is 1. The Morgan fingerprint density at radius 2 is 1.77 bits per heavy atom. The number of nitrogens with zero attached hydrogens (tertiary/aromatic N) is 2. The van der Waals surface area contributed by atoms with Gasteiger partial charge in [-0.1, -0.05) is 18.2 Å². The first-order valence-electron chi connectivity index (χ1n) is 10.3. The van der Waals surface area contributed by atoms with E-state index in [2.05, 4.69) is 20.6 Å². The van der Waals surface area contributed by atoms with Crippen LogP contribution >= 0.6 is 0 Å². The molecule has 0 saturated carbocycles. The van der Waals surface area contributed by atoms with Crippen LogP contribution in [0.2, 0.25) is 0 Å². The van der Waals surface area contributed by atoms with Gasteiger partial charge >= 0.3 is 0 Å². The zero-order valence-electron chi connectivity index (χ0n) is 17.9. The maximum atomic E-state index is 12.8. The van der Waals surface area contributed by atoms with Gasteiger partial charge in [-0.05, 0) is 43.7 Å².